The Kier molecular flexibility index (Phi) is 1.58. The van der Waals surface area contributed by atoms with E-state index in [2.05, 4.69) is 18.7 Å². The number of hydrogen-bond acceptors (Lipinski definition) is 2. The Morgan fingerprint density at radius 3 is 2.38 bits per heavy atom. The summed E-state index contributed by atoms with van der Waals surface area (Å²) in [7, 11) is 0. The molecule has 13 heavy (non-hydrogen) atoms. The van der Waals surface area contributed by atoms with Gasteiger partial charge in [-0.3, -0.25) is 4.90 Å². The van der Waals surface area contributed by atoms with Gasteiger partial charge in [0.1, 0.15) is 0 Å². The van der Waals surface area contributed by atoms with E-state index in [-0.39, 0.29) is 0 Å². The maximum Gasteiger partial charge on any atom is 0.0569 e. The van der Waals surface area contributed by atoms with Crippen LogP contribution in [0.15, 0.2) is 0 Å². The van der Waals surface area contributed by atoms with E-state index in [1.807, 2.05) is 0 Å². The largest absolute Gasteiger partial charge is 0.380 e. The topological polar surface area (TPSA) is 12.5 Å². The third-order valence-electron chi connectivity index (χ3n) is 4.02. The first-order valence-corrected chi connectivity index (χ1v) is 5.52. The zero-order valence-electron chi connectivity index (χ0n) is 8.62. The van der Waals surface area contributed by atoms with Gasteiger partial charge in [0, 0.05) is 24.5 Å². The van der Waals surface area contributed by atoms with Gasteiger partial charge in [-0.25, -0.2) is 0 Å². The van der Waals surface area contributed by atoms with Crippen molar-refractivity contribution in [2.24, 2.45) is 17.3 Å². The van der Waals surface area contributed by atoms with E-state index in [9.17, 15) is 0 Å². The molecule has 1 aliphatic carbocycles. The highest BCUT2D eigenvalue weighted by atomic mass is 16.5. The summed E-state index contributed by atoms with van der Waals surface area (Å²) in [5.74, 6) is 1.89. The summed E-state index contributed by atoms with van der Waals surface area (Å²) in [4.78, 5) is 2.67. The molecule has 3 fully saturated rings. The SMILES string of the molecule is CC(C)C1CC1N1CC2(COC2)C1. The molecule has 3 rings (SSSR count). The molecule has 2 atom stereocenters. The van der Waals surface area contributed by atoms with Crippen molar-refractivity contribution in [2.75, 3.05) is 26.3 Å². The molecule has 2 saturated heterocycles. The molecule has 74 valence electrons. The lowest BCUT2D eigenvalue weighted by atomic mass is 9.78. The fourth-order valence-electron chi connectivity index (χ4n) is 2.96. The first-order chi connectivity index (χ1) is 6.20. The van der Waals surface area contributed by atoms with Gasteiger partial charge in [0.25, 0.3) is 0 Å². The van der Waals surface area contributed by atoms with Crippen molar-refractivity contribution in [2.45, 2.75) is 26.3 Å². The van der Waals surface area contributed by atoms with E-state index in [1.54, 1.807) is 0 Å². The van der Waals surface area contributed by atoms with Crippen molar-refractivity contribution in [3.05, 3.63) is 0 Å². The minimum Gasteiger partial charge on any atom is -0.380 e. The van der Waals surface area contributed by atoms with Crippen molar-refractivity contribution in [1.82, 2.24) is 4.90 Å². The summed E-state index contributed by atoms with van der Waals surface area (Å²) < 4.78 is 5.28. The van der Waals surface area contributed by atoms with Gasteiger partial charge in [-0.2, -0.15) is 0 Å². The van der Waals surface area contributed by atoms with Crippen LogP contribution in [0.5, 0.6) is 0 Å². The van der Waals surface area contributed by atoms with Gasteiger partial charge >= 0.3 is 0 Å². The average molecular weight is 181 g/mol. The Balaban J connectivity index is 1.50. The van der Waals surface area contributed by atoms with Crippen LogP contribution in [0.1, 0.15) is 20.3 Å². The predicted octanol–water partition coefficient (Wildman–Crippen LogP) is 1.36. The van der Waals surface area contributed by atoms with E-state index in [0.29, 0.717) is 5.41 Å². The van der Waals surface area contributed by atoms with Gasteiger partial charge in [-0.05, 0) is 18.3 Å². The van der Waals surface area contributed by atoms with E-state index in [4.69, 9.17) is 4.74 Å². The van der Waals surface area contributed by atoms with Crippen LogP contribution in [0, 0.1) is 17.3 Å². The normalized spacial score (nSPS) is 41.8. The van der Waals surface area contributed by atoms with Gasteiger partial charge in [-0.1, -0.05) is 13.8 Å². The van der Waals surface area contributed by atoms with E-state index < -0.39 is 0 Å². The molecule has 0 bridgehead atoms. The standard InChI is InChI=1S/C11H19NO/c1-8(2)9-3-10(9)12-4-11(5-12)6-13-7-11/h8-10H,3-7H2,1-2H3. The van der Waals surface area contributed by atoms with E-state index >= 15 is 0 Å². The highest BCUT2D eigenvalue weighted by molar-refractivity contribution is 5.07. The van der Waals surface area contributed by atoms with Crippen molar-refractivity contribution in [1.29, 1.82) is 0 Å². The molecule has 0 aromatic heterocycles. The van der Waals surface area contributed by atoms with Crippen LogP contribution in [0.2, 0.25) is 0 Å². The second-order valence-corrected chi connectivity index (χ2v) is 5.61. The molecule has 2 aliphatic heterocycles. The molecule has 0 radical (unpaired) electrons. The van der Waals surface area contributed by atoms with Gasteiger partial charge in [0.2, 0.25) is 0 Å². The fraction of sp³-hybridized carbons (Fsp3) is 1.00. The summed E-state index contributed by atoms with van der Waals surface area (Å²) in [6, 6.07) is 0.936. The number of ether oxygens (including phenoxy) is 1. The molecule has 2 heteroatoms. The van der Waals surface area contributed by atoms with Crippen molar-refractivity contribution in [3.8, 4) is 0 Å². The Morgan fingerprint density at radius 2 is 2.00 bits per heavy atom. The van der Waals surface area contributed by atoms with Crippen LogP contribution in [0.3, 0.4) is 0 Å². The van der Waals surface area contributed by atoms with Crippen molar-refractivity contribution in [3.63, 3.8) is 0 Å². The van der Waals surface area contributed by atoms with Crippen molar-refractivity contribution < 1.29 is 4.74 Å². The Labute approximate surface area is 80.2 Å². The van der Waals surface area contributed by atoms with Gasteiger partial charge in [-0.15, -0.1) is 0 Å². The van der Waals surface area contributed by atoms with Crippen LogP contribution >= 0.6 is 0 Å². The molecule has 0 N–H and O–H groups in total. The second kappa shape index (κ2) is 2.48. The predicted molar refractivity (Wildman–Crippen MR) is 51.6 cm³/mol. The van der Waals surface area contributed by atoms with Crippen LogP contribution in [-0.2, 0) is 4.74 Å². The number of likely N-dealkylation sites (tertiary alicyclic amines) is 1. The second-order valence-electron chi connectivity index (χ2n) is 5.61. The molecule has 1 saturated carbocycles. The quantitative estimate of drug-likeness (QED) is 0.638. The van der Waals surface area contributed by atoms with Crippen molar-refractivity contribution >= 4 is 0 Å². The molecule has 2 nitrogen and oxygen atoms in total. The lowest BCUT2D eigenvalue weighted by Crippen LogP contribution is -2.66. The summed E-state index contributed by atoms with van der Waals surface area (Å²) in [5, 5.41) is 0. The minimum atomic E-state index is 0.615. The Morgan fingerprint density at radius 1 is 1.31 bits per heavy atom. The van der Waals surface area contributed by atoms with Crippen LogP contribution in [0.25, 0.3) is 0 Å². The highest BCUT2D eigenvalue weighted by Gasteiger charge is 2.55. The molecular formula is C11H19NO. The van der Waals surface area contributed by atoms with Gasteiger partial charge < -0.3 is 4.74 Å². The first kappa shape index (κ1) is 8.25. The number of rotatable bonds is 2. The summed E-state index contributed by atoms with van der Waals surface area (Å²) >= 11 is 0. The maximum atomic E-state index is 5.28. The Hall–Kier alpha value is -0.0800. The fourth-order valence-corrected chi connectivity index (χ4v) is 2.96. The minimum absolute atomic E-state index is 0.615. The van der Waals surface area contributed by atoms with Crippen LogP contribution in [0.4, 0.5) is 0 Å². The zero-order valence-corrected chi connectivity index (χ0v) is 8.62. The lowest BCUT2D eigenvalue weighted by Gasteiger charge is -2.55. The average Bonchev–Trinajstić information content (AvgIpc) is 2.59. The third-order valence-corrected chi connectivity index (χ3v) is 4.02. The Bertz CT molecular complexity index is 214. The number of nitrogens with zero attached hydrogens (tertiary/aromatic N) is 1. The van der Waals surface area contributed by atoms with Gasteiger partial charge in [0.05, 0.1) is 13.2 Å². The molecule has 2 unspecified atom stereocenters. The lowest BCUT2D eigenvalue weighted by molar-refractivity contribution is -0.192. The monoisotopic (exact) mass is 181 g/mol. The molecule has 3 aliphatic rings. The first-order valence-electron chi connectivity index (χ1n) is 5.52. The molecule has 0 amide bonds. The third kappa shape index (κ3) is 1.15. The maximum absolute atomic E-state index is 5.28. The zero-order chi connectivity index (χ0) is 9.05. The highest BCUT2D eigenvalue weighted by Crippen LogP contribution is 2.48. The van der Waals surface area contributed by atoms with Crippen LogP contribution < -0.4 is 0 Å². The molecule has 0 aromatic rings. The summed E-state index contributed by atoms with van der Waals surface area (Å²) in [6.45, 7) is 9.41. The van der Waals surface area contributed by atoms with Crippen LogP contribution in [-0.4, -0.2) is 37.2 Å². The summed E-state index contributed by atoms with van der Waals surface area (Å²) in [5.41, 5.74) is 0.615. The summed E-state index contributed by atoms with van der Waals surface area (Å²) in [6.07, 6.45) is 1.45. The molecule has 0 aromatic carbocycles. The van der Waals surface area contributed by atoms with E-state index in [1.165, 1.54) is 19.5 Å². The van der Waals surface area contributed by atoms with Gasteiger partial charge in [0.15, 0.2) is 0 Å². The molecule has 2 heterocycles. The smallest absolute Gasteiger partial charge is 0.0569 e. The molecular weight excluding hydrogens is 162 g/mol. The molecule has 1 spiro atoms. The van der Waals surface area contributed by atoms with E-state index in [0.717, 1.165) is 31.1 Å². The number of hydrogen-bond donors (Lipinski definition) is 0.